The summed E-state index contributed by atoms with van der Waals surface area (Å²) in [5.41, 5.74) is 0. The highest BCUT2D eigenvalue weighted by Crippen LogP contribution is 2.17. The first-order valence-corrected chi connectivity index (χ1v) is 7.08. The van der Waals surface area contributed by atoms with Gasteiger partial charge in [-0.2, -0.15) is 9.40 Å². The minimum Gasteiger partial charge on any atom is -0.379 e. The van der Waals surface area contributed by atoms with Crippen molar-refractivity contribution in [2.75, 3.05) is 26.3 Å². The van der Waals surface area contributed by atoms with Gasteiger partial charge in [-0.15, -0.1) is 0 Å². The largest absolute Gasteiger partial charge is 0.379 e. The first kappa shape index (κ1) is 12.5. The van der Waals surface area contributed by atoms with Crippen LogP contribution in [0.2, 0.25) is 0 Å². The van der Waals surface area contributed by atoms with Crippen LogP contribution in [0.25, 0.3) is 0 Å². The third-order valence-electron chi connectivity index (χ3n) is 2.71. The Morgan fingerprint density at radius 1 is 1.35 bits per heavy atom. The minimum atomic E-state index is -3.40. The van der Waals surface area contributed by atoms with E-state index in [1.165, 1.54) is 10.5 Å². The summed E-state index contributed by atoms with van der Waals surface area (Å²) in [6.45, 7) is 5.65. The fraction of sp³-hybridized carbons (Fsp3) is 0.700. The molecule has 1 aromatic rings. The van der Waals surface area contributed by atoms with E-state index in [9.17, 15) is 8.42 Å². The predicted octanol–water partition coefficient (Wildman–Crippen LogP) is 0.485. The highest BCUT2D eigenvalue weighted by molar-refractivity contribution is 7.89. The Hall–Kier alpha value is -0.920. The van der Waals surface area contributed by atoms with Gasteiger partial charge in [0.15, 0.2) is 0 Å². The van der Waals surface area contributed by atoms with E-state index in [4.69, 9.17) is 4.74 Å². The zero-order chi connectivity index (χ0) is 12.5. The molecule has 0 spiro atoms. The summed E-state index contributed by atoms with van der Waals surface area (Å²) >= 11 is 0. The number of sulfonamides is 1. The number of morpholine rings is 1. The molecular formula is C10H17N3O3S. The number of nitrogens with zero attached hydrogens (tertiary/aromatic N) is 3. The third kappa shape index (κ3) is 2.51. The minimum absolute atomic E-state index is 0.156. The molecule has 17 heavy (non-hydrogen) atoms. The first-order chi connectivity index (χ1) is 8.01. The smallest absolute Gasteiger partial charge is 0.246 e. The maximum absolute atomic E-state index is 12.2. The fourth-order valence-electron chi connectivity index (χ4n) is 1.67. The summed E-state index contributed by atoms with van der Waals surface area (Å²) in [5.74, 6) is 0. The van der Waals surface area contributed by atoms with Crippen LogP contribution in [0.4, 0.5) is 0 Å². The van der Waals surface area contributed by atoms with Crippen molar-refractivity contribution in [2.45, 2.75) is 24.8 Å². The van der Waals surface area contributed by atoms with Crippen molar-refractivity contribution in [3.63, 3.8) is 0 Å². The molecule has 2 rings (SSSR count). The van der Waals surface area contributed by atoms with E-state index >= 15 is 0 Å². The van der Waals surface area contributed by atoms with E-state index < -0.39 is 10.0 Å². The molecule has 2 heterocycles. The molecule has 0 amide bonds. The van der Waals surface area contributed by atoms with Gasteiger partial charge in [0.05, 0.1) is 19.4 Å². The van der Waals surface area contributed by atoms with Crippen LogP contribution < -0.4 is 0 Å². The zero-order valence-electron chi connectivity index (χ0n) is 10.0. The topological polar surface area (TPSA) is 64.4 Å². The number of rotatable bonds is 3. The molecule has 1 saturated heterocycles. The Labute approximate surface area is 101 Å². The molecule has 0 bridgehead atoms. The van der Waals surface area contributed by atoms with Gasteiger partial charge in [0.25, 0.3) is 0 Å². The summed E-state index contributed by atoms with van der Waals surface area (Å²) in [5, 5.41) is 4.06. The molecule has 0 atom stereocenters. The maximum atomic E-state index is 12.2. The molecule has 0 N–H and O–H groups in total. The Bertz CT molecular complexity index is 475. The van der Waals surface area contributed by atoms with Crippen LogP contribution in [0.5, 0.6) is 0 Å². The molecule has 1 fully saturated rings. The van der Waals surface area contributed by atoms with Gasteiger partial charge in [-0.1, -0.05) is 0 Å². The van der Waals surface area contributed by atoms with Gasteiger partial charge < -0.3 is 4.74 Å². The number of hydrogen-bond donors (Lipinski definition) is 0. The number of aromatic nitrogens is 2. The Morgan fingerprint density at radius 3 is 2.53 bits per heavy atom. The second-order valence-corrected chi connectivity index (χ2v) is 6.20. The molecule has 0 aromatic carbocycles. The normalized spacial score (nSPS) is 18.8. The van der Waals surface area contributed by atoms with E-state index in [1.54, 1.807) is 10.9 Å². The van der Waals surface area contributed by atoms with Crippen molar-refractivity contribution in [2.24, 2.45) is 0 Å². The van der Waals surface area contributed by atoms with Crippen molar-refractivity contribution in [1.29, 1.82) is 0 Å². The van der Waals surface area contributed by atoms with Gasteiger partial charge in [-0.3, -0.25) is 4.68 Å². The lowest BCUT2D eigenvalue weighted by Crippen LogP contribution is -2.40. The zero-order valence-corrected chi connectivity index (χ0v) is 10.9. The molecule has 96 valence electrons. The molecule has 7 heteroatoms. The van der Waals surface area contributed by atoms with Gasteiger partial charge in [0.2, 0.25) is 10.0 Å². The van der Waals surface area contributed by atoms with E-state index in [0.717, 1.165) is 0 Å². The molecule has 1 aromatic heterocycles. The molecule has 0 unspecified atom stereocenters. The monoisotopic (exact) mass is 259 g/mol. The highest BCUT2D eigenvalue weighted by Gasteiger charge is 2.27. The molecule has 0 saturated carbocycles. The Morgan fingerprint density at radius 2 is 2.00 bits per heavy atom. The van der Waals surface area contributed by atoms with Crippen molar-refractivity contribution >= 4 is 10.0 Å². The predicted molar refractivity (Wildman–Crippen MR) is 62.2 cm³/mol. The summed E-state index contributed by atoms with van der Waals surface area (Å²) in [7, 11) is -3.40. The molecule has 1 aliphatic rings. The van der Waals surface area contributed by atoms with Crippen molar-refractivity contribution in [3.8, 4) is 0 Å². The van der Waals surface area contributed by atoms with Crippen LogP contribution in [0.1, 0.15) is 19.9 Å². The van der Waals surface area contributed by atoms with Gasteiger partial charge in [0, 0.05) is 25.3 Å². The lowest BCUT2D eigenvalue weighted by Gasteiger charge is -2.25. The van der Waals surface area contributed by atoms with Crippen LogP contribution in [0.15, 0.2) is 17.3 Å². The van der Waals surface area contributed by atoms with Crippen molar-refractivity contribution in [1.82, 2.24) is 14.1 Å². The Kier molecular flexibility index (Phi) is 3.50. The van der Waals surface area contributed by atoms with Crippen molar-refractivity contribution < 1.29 is 13.2 Å². The summed E-state index contributed by atoms with van der Waals surface area (Å²) in [6, 6.07) is 0.156. The number of ether oxygens (including phenoxy) is 1. The summed E-state index contributed by atoms with van der Waals surface area (Å²) < 4.78 is 32.7. The lowest BCUT2D eigenvalue weighted by molar-refractivity contribution is 0.0730. The van der Waals surface area contributed by atoms with Gasteiger partial charge in [0.1, 0.15) is 4.90 Å². The van der Waals surface area contributed by atoms with Crippen LogP contribution >= 0.6 is 0 Å². The highest BCUT2D eigenvalue weighted by atomic mass is 32.2. The van der Waals surface area contributed by atoms with Gasteiger partial charge >= 0.3 is 0 Å². The molecule has 1 aliphatic heterocycles. The maximum Gasteiger partial charge on any atom is 0.246 e. The van der Waals surface area contributed by atoms with Crippen molar-refractivity contribution in [3.05, 3.63) is 12.4 Å². The standard InChI is InChI=1S/C10H17N3O3S/c1-9(2)13-8-10(7-11-13)17(14,15)12-3-5-16-6-4-12/h7-9H,3-6H2,1-2H3. The third-order valence-corrected chi connectivity index (χ3v) is 4.57. The van der Waals surface area contributed by atoms with E-state index in [1.807, 2.05) is 13.8 Å². The second kappa shape index (κ2) is 4.75. The second-order valence-electron chi connectivity index (χ2n) is 4.27. The van der Waals surface area contributed by atoms with Gasteiger partial charge in [-0.25, -0.2) is 8.42 Å². The average Bonchev–Trinajstić information content (AvgIpc) is 2.80. The number of hydrogen-bond acceptors (Lipinski definition) is 4. The quantitative estimate of drug-likeness (QED) is 0.792. The molecular weight excluding hydrogens is 242 g/mol. The van der Waals surface area contributed by atoms with Crippen LogP contribution in [0, 0.1) is 0 Å². The lowest BCUT2D eigenvalue weighted by atomic mass is 10.4. The van der Waals surface area contributed by atoms with Gasteiger partial charge in [-0.05, 0) is 13.8 Å². The van der Waals surface area contributed by atoms with Crippen LogP contribution in [-0.2, 0) is 14.8 Å². The molecule has 6 nitrogen and oxygen atoms in total. The fourth-order valence-corrected chi connectivity index (χ4v) is 3.02. The summed E-state index contributed by atoms with van der Waals surface area (Å²) in [4.78, 5) is 0.258. The first-order valence-electron chi connectivity index (χ1n) is 5.64. The Balaban J connectivity index is 2.24. The molecule has 0 aliphatic carbocycles. The SMILES string of the molecule is CC(C)n1cc(S(=O)(=O)N2CCOCC2)cn1. The van der Waals surface area contributed by atoms with E-state index in [-0.39, 0.29) is 10.9 Å². The van der Waals surface area contributed by atoms with Crippen LogP contribution in [-0.4, -0.2) is 48.8 Å². The molecule has 0 radical (unpaired) electrons. The average molecular weight is 259 g/mol. The van der Waals surface area contributed by atoms with Crippen LogP contribution in [0.3, 0.4) is 0 Å². The van der Waals surface area contributed by atoms with E-state index in [2.05, 4.69) is 5.10 Å². The summed E-state index contributed by atoms with van der Waals surface area (Å²) in [6.07, 6.45) is 2.99. The van der Waals surface area contributed by atoms with E-state index in [0.29, 0.717) is 26.3 Å².